The first-order valence-electron chi connectivity index (χ1n) is 11.4. The van der Waals surface area contributed by atoms with E-state index in [0.29, 0.717) is 42.2 Å². The van der Waals surface area contributed by atoms with Crippen molar-refractivity contribution in [1.82, 2.24) is 0 Å². The van der Waals surface area contributed by atoms with E-state index < -0.39 is 11.8 Å². The lowest BCUT2D eigenvalue weighted by atomic mass is 9.66. The van der Waals surface area contributed by atoms with Crippen molar-refractivity contribution in [3.63, 3.8) is 0 Å². The standard InChI is InChI=1S/C26H35NO5/c1-7-8-9-12-32-25(29)22-16(2)27-19-14-26(3,4)15-20(28)24(19)23(22)18-13-17(30-5)10-11-21(18)31-6/h10-11,13,22-23H,7-9,12,14-15H2,1-6H3/t22?,23-/m0/s1. The Bertz CT molecular complexity index is 944. The van der Waals surface area contributed by atoms with Crippen LogP contribution < -0.4 is 9.47 Å². The predicted molar refractivity (Wildman–Crippen MR) is 124 cm³/mol. The minimum Gasteiger partial charge on any atom is -0.497 e. The Labute approximate surface area is 191 Å². The summed E-state index contributed by atoms with van der Waals surface area (Å²) in [5.41, 5.74) is 2.63. The fraction of sp³-hybridized carbons (Fsp3) is 0.577. The van der Waals surface area contributed by atoms with Gasteiger partial charge in [0.15, 0.2) is 5.78 Å². The fourth-order valence-corrected chi connectivity index (χ4v) is 4.78. The van der Waals surface area contributed by atoms with Crippen LogP contribution in [0.4, 0.5) is 0 Å². The van der Waals surface area contributed by atoms with Crippen molar-refractivity contribution < 1.29 is 23.8 Å². The van der Waals surface area contributed by atoms with Crippen LogP contribution in [0, 0.1) is 11.3 Å². The molecule has 0 saturated heterocycles. The van der Waals surface area contributed by atoms with E-state index in [1.165, 1.54) is 0 Å². The minimum atomic E-state index is -0.679. The third-order valence-electron chi connectivity index (χ3n) is 6.32. The number of benzene rings is 1. The van der Waals surface area contributed by atoms with Gasteiger partial charge >= 0.3 is 5.97 Å². The number of unbranched alkanes of at least 4 members (excludes halogenated alkanes) is 2. The fourth-order valence-electron chi connectivity index (χ4n) is 4.78. The van der Waals surface area contributed by atoms with Crippen molar-refractivity contribution in [2.24, 2.45) is 16.3 Å². The summed E-state index contributed by atoms with van der Waals surface area (Å²) in [6.45, 7) is 8.48. The molecular formula is C26H35NO5. The van der Waals surface area contributed by atoms with E-state index in [-0.39, 0.29) is 17.2 Å². The summed E-state index contributed by atoms with van der Waals surface area (Å²) >= 11 is 0. The quantitative estimate of drug-likeness (QED) is 0.407. The van der Waals surface area contributed by atoms with E-state index in [0.717, 1.165) is 30.5 Å². The maximum Gasteiger partial charge on any atom is 0.315 e. The molecule has 1 aromatic carbocycles. The van der Waals surface area contributed by atoms with Crippen LogP contribution >= 0.6 is 0 Å². The number of esters is 1. The zero-order valence-electron chi connectivity index (χ0n) is 20.1. The summed E-state index contributed by atoms with van der Waals surface area (Å²) in [5.74, 6) is -0.260. The first kappa shape index (κ1) is 24.0. The molecule has 6 heteroatoms. The van der Waals surface area contributed by atoms with E-state index >= 15 is 0 Å². The highest BCUT2D eigenvalue weighted by molar-refractivity contribution is 6.09. The van der Waals surface area contributed by atoms with Gasteiger partial charge in [-0.3, -0.25) is 14.6 Å². The Morgan fingerprint density at radius 3 is 2.56 bits per heavy atom. The van der Waals surface area contributed by atoms with Gasteiger partial charge in [-0.25, -0.2) is 0 Å². The topological polar surface area (TPSA) is 74.2 Å². The number of carbonyl (C=O) groups excluding carboxylic acids is 2. The third-order valence-corrected chi connectivity index (χ3v) is 6.32. The van der Waals surface area contributed by atoms with Gasteiger partial charge in [-0.05, 0) is 43.4 Å². The lowest BCUT2D eigenvalue weighted by Gasteiger charge is -2.39. The van der Waals surface area contributed by atoms with Crippen LogP contribution in [0.1, 0.15) is 71.3 Å². The summed E-state index contributed by atoms with van der Waals surface area (Å²) in [4.78, 5) is 31.5. The van der Waals surface area contributed by atoms with Crippen LogP contribution in [0.2, 0.25) is 0 Å². The highest BCUT2D eigenvalue weighted by Gasteiger charge is 2.47. The molecule has 0 bridgehead atoms. The van der Waals surface area contributed by atoms with Crippen LogP contribution in [-0.2, 0) is 14.3 Å². The minimum absolute atomic E-state index is 0.0335. The SMILES string of the molecule is CCCCCOC(=O)C1C(C)=NC2=C(C(=O)CC(C)(C)C2)[C@H]1c1cc(OC)ccc1OC. The number of aliphatic imine (C=N–C) groups is 1. The Morgan fingerprint density at radius 1 is 1.16 bits per heavy atom. The van der Waals surface area contributed by atoms with E-state index in [1.807, 2.05) is 25.1 Å². The zero-order valence-corrected chi connectivity index (χ0v) is 20.1. The molecule has 0 aromatic heterocycles. The number of hydrogen-bond donors (Lipinski definition) is 0. The van der Waals surface area contributed by atoms with Crippen molar-refractivity contribution in [2.45, 2.75) is 65.7 Å². The lowest BCUT2D eigenvalue weighted by Crippen LogP contribution is -2.39. The number of rotatable bonds is 8. The molecule has 1 aliphatic heterocycles. The number of carbonyl (C=O) groups is 2. The van der Waals surface area contributed by atoms with Gasteiger partial charge in [0.1, 0.15) is 17.4 Å². The third kappa shape index (κ3) is 4.89. The molecule has 1 aliphatic carbocycles. The molecule has 1 heterocycles. The summed E-state index contributed by atoms with van der Waals surface area (Å²) in [6, 6.07) is 5.48. The Kier molecular flexibility index (Phi) is 7.42. The molecule has 1 aromatic rings. The Morgan fingerprint density at radius 2 is 1.91 bits per heavy atom. The molecule has 0 saturated carbocycles. The second-order valence-electron chi connectivity index (χ2n) is 9.49. The molecule has 174 valence electrons. The summed E-state index contributed by atoms with van der Waals surface area (Å²) < 4.78 is 16.8. The highest BCUT2D eigenvalue weighted by Crippen LogP contribution is 2.50. The van der Waals surface area contributed by atoms with Crippen LogP contribution in [0.25, 0.3) is 0 Å². The molecule has 2 atom stereocenters. The Hall–Kier alpha value is -2.63. The average molecular weight is 442 g/mol. The molecule has 6 nitrogen and oxygen atoms in total. The largest absolute Gasteiger partial charge is 0.497 e. The molecule has 3 rings (SSSR count). The van der Waals surface area contributed by atoms with Crippen LogP contribution in [0.5, 0.6) is 11.5 Å². The van der Waals surface area contributed by atoms with Crippen LogP contribution in [0.3, 0.4) is 0 Å². The summed E-state index contributed by atoms with van der Waals surface area (Å²) in [5, 5.41) is 0. The van der Waals surface area contributed by atoms with Crippen molar-refractivity contribution in [3.05, 3.63) is 35.0 Å². The second kappa shape index (κ2) is 9.88. The molecule has 1 unspecified atom stereocenters. The molecule has 0 amide bonds. The smallest absolute Gasteiger partial charge is 0.315 e. The molecule has 32 heavy (non-hydrogen) atoms. The molecule has 2 aliphatic rings. The van der Waals surface area contributed by atoms with Crippen molar-refractivity contribution in [3.8, 4) is 11.5 Å². The second-order valence-corrected chi connectivity index (χ2v) is 9.49. The number of Topliss-reactive ketones (excluding diaryl/α,β-unsaturated/α-hetero) is 1. The van der Waals surface area contributed by atoms with Gasteiger partial charge in [0, 0.05) is 34.9 Å². The van der Waals surface area contributed by atoms with Gasteiger partial charge in [-0.15, -0.1) is 0 Å². The number of allylic oxidation sites excluding steroid dienone is 2. The monoisotopic (exact) mass is 441 g/mol. The lowest BCUT2D eigenvalue weighted by molar-refractivity contribution is -0.146. The van der Waals surface area contributed by atoms with Crippen molar-refractivity contribution in [1.29, 1.82) is 0 Å². The van der Waals surface area contributed by atoms with Gasteiger partial charge in [0.25, 0.3) is 0 Å². The number of methoxy groups -OCH3 is 2. The highest BCUT2D eigenvalue weighted by atomic mass is 16.5. The van der Waals surface area contributed by atoms with Gasteiger partial charge in [0.05, 0.1) is 20.8 Å². The predicted octanol–water partition coefficient (Wildman–Crippen LogP) is 5.25. The van der Waals surface area contributed by atoms with Crippen molar-refractivity contribution >= 4 is 17.5 Å². The summed E-state index contributed by atoms with van der Waals surface area (Å²) in [7, 11) is 3.19. The maximum atomic E-state index is 13.4. The Balaban J connectivity index is 2.12. The molecule has 0 spiro atoms. The zero-order chi connectivity index (χ0) is 23.5. The maximum absolute atomic E-state index is 13.4. The number of hydrogen-bond acceptors (Lipinski definition) is 6. The molecular weight excluding hydrogens is 406 g/mol. The van der Waals surface area contributed by atoms with E-state index in [2.05, 4.69) is 20.8 Å². The molecule has 0 radical (unpaired) electrons. The van der Waals surface area contributed by atoms with E-state index in [1.54, 1.807) is 14.2 Å². The van der Waals surface area contributed by atoms with Crippen molar-refractivity contribution in [2.75, 3.05) is 20.8 Å². The van der Waals surface area contributed by atoms with Crippen LogP contribution in [-0.4, -0.2) is 38.3 Å². The number of nitrogens with zero attached hydrogens (tertiary/aromatic N) is 1. The van der Waals surface area contributed by atoms with Gasteiger partial charge < -0.3 is 14.2 Å². The van der Waals surface area contributed by atoms with Gasteiger partial charge in [-0.1, -0.05) is 33.6 Å². The van der Waals surface area contributed by atoms with Gasteiger partial charge in [-0.2, -0.15) is 0 Å². The first-order chi connectivity index (χ1) is 15.2. The molecule has 0 fully saturated rings. The number of ketones is 1. The van der Waals surface area contributed by atoms with E-state index in [9.17, 15) is 9.59 Å². The van der Waals surface area contributed by atoms with Gasteiger partial charge in [0.2, 0.25) is 0 Å². The van der Waals surface area contributed by atoms with E-state index in [4.69, 9.17) is 19.2 Å². The van der Waals surface area contributed by atoms with Crippen LogP contribution in [0.15, 0.2) is 34.5 Å². The number of ether oxygens (including phenoxy) is 3. The molecule has 0 N–H and O–H groups in total. The summed E-state index contributed by atoms with van der Waals surface area (Å²) in [6.07, 6.45) is 3.97. The normalized spacial score (nSPS) is 22.2. The average Bonchev–Trinajstić information content (AvgIpc) is 2.74. The first-order valence-corrected chi connectivity index (χ1v) is 11.4.